The number of halogens is 1. The fraction of sp³-hybridized carbons (Fsp3) is 0.111. The van der Waals surface area contributed by atoms with Crippen molar-refractivity contribution in [3.05, 3.63) is 89.3 Å². The van der Waals surface area contributed by atoms with Gasteiger partial charge in [0.2, 0.25) is 10.0 Å². The van der Waals surface area contributed by atoms with E-state index < -0.39 is 10.0 Å². The van der Waals surface area contributed by atoms with Crippen LogP contribution in [0.4, 0.5) is 0 Å². The molecule has 0 aliphatic rings. The summed E-state index contributed by atoms with van der Waals surface area (Å²) in [6.45, 7) is 0.299. The van der Waals surface area contributed by atoms with Crippen molar-refractivity contribution in [2.45, 2.75) is 18.0 Å². The summed E-state index contributed by atoms with van der Waals surface area (Å²) < 4.78 is 32.7. The minimum Gasteiger partial charge on any atom is -0.468 e. The third-order valence-corrected chi connectivity index (χ3v) is 5.77. The minimum absolute atomic E-state index is 0.134. The van der Waals surface area contributed by atoms with Gasteiger partial charge in [0, 0.05) is 11.6 Å². The van der Waals surface area contributed by atoms with Crippen LogP contribution in [0.3, 0.4) is 0 Å². The molecule has 24 heavy (non-hydrogen) atoms. The van der Waals surface area contributed by atoms with Gasteiger partial charge in [-0.15, -0.1) is 0 Å². The molecule has 0 N–H and O–H groups in total. The lowest BCUT2D eigenvalue weighted by atomic mass is 10.2. The van der Waals surface area contributed by atoms with Crippen molar-refractivity contribution in [2.24, 2.45) is 0 Å². The predicted octanol–water partition coefficient (Wildman–Crippen LogP) is 4.32. The Balaban J connectivity index is 1.97. The van der Waals surface area contributed by atoms with Gasteiger partial charge < -0.3 is 4.42 Å². The molecule has 124 valence electrons. The normalized spacial score (nSPS) is 11.8. The van der Waals surface area contributed by atoms with Gasteiger partial charge >= 0.3 is 0 Å². The molecule has 2 aromatic carbocycles. The summed E-state index contributed by atoms with van der Waals surface area (Å²) in [6.07, 6.45) is 1.53. The molecule has 0 bridgehead atoms. The first kappa shape index (κ1) is 16.8. The summed E-state index contributed by atoms with van der Waals surface area (Å²) in [6, 6.07) is 19.0. The van der Waals surface area contributed by atoms with E-state index in [9.17, 15) is 8.42 Å². The fourth-order valence-electron chi connectivity index (χ4n) is 2.36. The third kappa shape index (κ3) is 3.70. The second-order valence-electron chi connectivity index (χ2n) is 5.26. The van der Waals surface area contributed by atoms with E-state index in [0.717, 1.165) is 5.56 Å². The van der Waals surface area contributed by atoms with Gasteiger partial charge in [-0.1, -0.05) is 48.0 Å². The van der Waals surface area contributed by atoms with Gasteiger partial charge in [-0.05, 0) is 35.9 Å². The first-order valence-corrected chi connectivity index (χ1v) is 9.20. The highest BCUT2D eigenvalue weighted by atomic mass is 35.5. The maximum absolute atomic E-state index is 13.0. The van der Waals surface area contributed by atoms with Crippen LogP contribution in [0, 0.1) is 0 Å². The minimum atomic E-state index is -3.68. The summed E-state index contributed by atoms with van der Waals surface area (Å²) in [4.78, 5) is 0.239. The molecule has 0 aliphatic heterocycles. The number of furan rings is 1. The zero-order chi connectivity index (χ0) is 17.0. The Morgan fingerprint density at radius 3 is 2.25 bits per heavy atom. The quantitative estimate of drug-likeness (QED) is 0.656. The lowest BCUT2D eigenvalue weighted by Gasteiger charge is -2.22. The van der Waals surface area contributed by atoms with Crippen LogP contribution in [0.25, 0.3) is 0 Å². The van der Waals surface area contributed by atoms with E-state index in [1.165, 1.54) is 10.6 Å². The second-order valence-corrected chi connectivity index (χ2v) is 7.60. The first-order valence-electron chi connectivity index (χ1n) is 7.38. The van der Waals surface area contributed by atoms with E-state index in [1.807, 2.05) is 18.2 Å². The molecule has 0 saturated carbocycles. The molecule has 1 heterocycles. The van der Waals surface area contributed by atoms with Crippen LogP contribution < -0.4 is 0 Å². The summed E-state index contributed by atoms with van der Waals surface area (Å²) in [5.74, 6) is 0.571. The highest BCUT2D eigenvalue weighted by Gasteiger charge is 2.26. The van der Waals surface area contributed by atoms with E-state index in [-0.39, 0.29) is 18.0 Å². The van der Waals surface area contributed by atoms with E-state index in [1.54, 1.807) is 48.5 Å². The van der Waals surface area contributed by atoms with Gasteiger partial charge in [0.05, 0.1) is 17.7 Å². The topological polar surface area (TPSA) is 50.5 Å². The zero-order valence-electron chi connectivity index (χ0n) is 12.8. The molecule has 0 amide bonds. The van der Waals surface area contributed by atoms with Crippen molar-refractivity contribution in [3.63, 3.8) is 0 Å². The van der Waals surface area contributed by atoms with Gasteiger partial charge in [-0.2, -0.15) is 4.31 Å². The molecule has 3 aromatic rings. The molecule has 0 atom stereocenters. The van der Waals surface area contributed by atoms with Crippen molar-refractivity contribution in [1.29, 1.82) is 0 Å². The van der Waals surface area contributed by atoms with Crippen LogP contribution in [-0.4, -0.2) is 12.7 Å². The van der Waals surface area contributed by atoms with Crippen molar-refractivity contribution in [1.82, 2.24) is 4.31 Å². The van der Waals surface area contributed by atoms with E-state index >= 15 is 0 Å². The molecule has 0 fully saturated rings. The summed E-state index contributed by atoms with van der Waals surface area (Å²) in [7, 11) is -3.68. The standard InChI is InChI=1S/C18H16ClNO3S/c19-18-11-5-4-7-15(18)13-20(14-16-8-6-12-23-16)24(21,22)17-9-2-1-3-10-17/h1-12H,13-14H2. The van der Waals surface area contributed by atoms with Gasteiger partial charge in [-0.25, -0.2) is 8.42 Å². The first-order chi connectivity index (χ1) is 11.6. The van der Waals surface area contributed by atoms with Crippen LogP contribution >= 0.6 is 11.6 Å². The fourth-order valence-corrected chi connectivity index (χ4v) is 3.96. The molecule has 0 spiro atoms. The number of hydrogen-bond acceptors (Lipinski definition) is 3. The average molecular weight is 362 g/mol. The van der Waals surface area contributed by atoms with Crippen LogP contribution in [0.1, 0.15) is 11.3 Å². The highest BCUT2D eigenvalue weighted by Crippen LogP contribution is 2.24. The van der Waals surface area contributed by atoms with Crippen LogP contribution in [-0.2, 0) is 23.1 Å². The molecule has 0 unspecified atom stereocenters. The van der Waals surface area contributed by atoms with Crippen molar-refractivity contribution >= 4 is 21.6 Å². The lowest BCUT2D eigenvalue weighted by Crippen LogP contribution is -2.30. The van der Waals surface area contributed by atoms with Gasteiger partial charge in [0.1, 0.15) is 5.76 Å². The Labute approximate surface area is 146 Å². The van der Waals surface area contributed by atoms with Crippen molar-refractivity contribution < 1.29 is 12.8 Å². The molecule has 4 nitrogen and oxygen atoms in total. The Morgan fingerprint density at radius 1 is 0.875 bits per heavy atom. The monoisotopic (exact) mass is 361 g/mol. The number of benzene rings is 2. The Bertz CT molecular complexity index is 893. The smallest absolute Gasteiger partial charge is 0.243 e. The summed E-state index contributed by atoms with van der Waals surface area (Å²) in [5.41, 5.74) is 0.741. The van der Waals surface area contributed by atoms with Crippen LogP contribution in [0.15, 0.2) is 82.3 Å². The van der Waals surface area contributed by atoms with Crippen LogP contribution in [0.2, 0.25) is 5.02 Å². The number of rotatable bonds is 6. The molecular weight excluding hydrogens is 346 g/mol. The summed E-state index contributed by atoms with van der Waals surface area (Å²) >= 11 is 6.20. The van der Waals surface area contributed by atoms with Gasteiger partial charge in [-0.3, -0.25) is 0 Å². The van der Waals surface area contributed by atoms with E-state index in [4.69, 9.17) is 16.0 Å². The third-order valence-electron chi connectivity index (χ3n) is 3.60. The average Bonchev–Trinajstić information content (AvgIpc) is 3.10. The maximum atomic E-state index is 13.0. The number of nitrogens with zero attached hydrogens (tertiary/aromatic N) is 1. The SMILES string of the molecule is O=S(=O)(c1ccccc1)N(Cc1ccco1)Cc1ccccc1Cl. The molecule has 1 aromatic heterocycles. The van der Waals surface area contributed by atoms with Gasteiger partial charge in [0.25, 0.3) is 0 Å². The maximum Gasteiger partial charge on any atom is 0.243 e. The molecule has 6 heteroatoms. The van der Waals surface area contributed by atoms with E-state index in [0.29, 0.717) is 10.8 Å². The second kappa shape index (κ2) is 7.21. The molecule has 0 aliphatic carbocycles. The number of sulfonamides is 1. The highest BCUT2D eigenvalue weighted by molar-refractivity contribution is 7.89. The van der Waals surface area contributed by atoms with Crippen molar-refractivity contribution in [2.75, 3.05) is 0 Å². The predicted molar refractivity (Wildman–Crippen MR) is 93.0 cm³/mol. The Kier molecular flexibility index (Phi) is 5.04. The molecule has 3 rings (SSSR count). The molecule has 0 radical (unpaired) electrons. The molecular formula is C18H16ClNO3S. The Morgan fingerprint density at radius 2 is 1.58 bits per heavy atom. The number of hydrogen-bond donors (Lipinski definition) is 0. The van der Waals surface area contributed by atoms with E-state index in [2.05, 4.69) is 0 Å². The van der Waals surface area contributed by atoms with Crippen molar-refractivity contribution in [3.8, 4) is 0 Å². The molecule has 0 saturated heterocycles. The van der Waals surface area contributed by atoms with Crippen LogP contribution in [0.5, 0.6) is 0 Å². The Hall–Kier alpha value is -2.08. The lowest BCUT2D eigenvalue weighted by molar-refractivity contribution is 0.358. The summed E-state index contributed by atoms with van der Waals surface area (Å²) in [5, 5.41) is 0.533. The largest absolute Gasteiger partial charge is 0.468 e. The zero-order valence-corrected chi connectivity index (χ0v) is 14.4. The van der Waals surface area contributed by atoms with Gasteiger partial charge in [0.15, 0.2) is 0 Å².